The molecular weight excluding hydrogens is 232 g/mol. The van der Waals surface area contributed by atoms with Crippen LogP contribution in [0.15, 0.2) is 0 Å². The first-order valence-corrected chi connectivity index (χ1v) is 8.33. The minimum absolute atomic E-state index is 0.376. The molecule has 0 amide bonds. The van der Waals surface area contributed by atoms with Gasteiger partial charge in [0.05, 0.1) is 0 Å². The van der Waals surface area contributed by atoms with Crippen molar-refractivity contribution in [3.63, 3.8) is 0 Å². The molecule has 19 heavy (non-hydrogen) atoms. The third-order valence-corrected chi connectivity index (χ3v) is 5.04. The zero-order valence-corrected chi connectivity index (χ0v) is 13.7. The van der Waals surface area contributed by atoms with Crippen LogP contribution in [0.1, 0.15) is 60.3 Å². The van der Waals surface area contributed by atoms with E-state index < -0.39 is 0 Å². The summed E-state index contributed by atoms with van der Waals surface area (Å²) in [5.41, 5.74) is 0.376. The maximum atomic E-state index is 3.81. The average molecular weight is 266 g/mol. The van der Waals surface area contributed by atoms with E-state index in [9.17, 15) is 0 Å². The fraction of sp³-hybridized carbons (Fsp3) is 1.00. The van der Waals surface area contributed by atoms with Crippen LogP contribution in [0.5, 0.6) is 0 Å². The van der Waals surface area contributed by atoms with Crippen molar-refractivity contribution in [2.45, 2.75) is 72.4 Å². The molecule has 1 N–H and O–H groups in total. The number of piperazine rings is 1. The fourth-order valence-corrected chi connectivity index (χ4v) is 3.44. The van der Waals surface area contributed by atoms with Crippen LogP contribution in [0.4, 0.5) is 0 Å². The molecule has 1 aliphatic carbocycles. The topological polar surface area (TPSA) is 15.3 Å². The molecule has 1 saturated heterocycles. The predicted molar refractivity (Wildman–Crippen MR) is 83.4 cm³/mol. The van der Waals surface area contributed by atoms with Crippen molar-refractivity contribution in [2.24, 2.45) is 17.3 Å². The minimum atomic E-state index is 0.376. The van der Waals surface area contributed by atoms with E-state index >= 15 is 0 Å². The quantitative estimate of drug-likeness (QED) is 0.837. The molecule has 2 aliphatic rings. The number of nitrogens with zero attached hydrogens (tertiary/aromatic N) is 1. The van der Waals surface area contributed by atoms with E-state index in [0.717, 1.165) is 17.9 Å². The van der Waals surface area contributed by atoms with Crippen LogP contribution in [-0.2, 0) is 0 Å². The molecule has 2 heteroatoms. The van der Waals surface area contributed by atoms with Crippen molar-refractivity contribution < 1.29 is 0 Å². The predicted octanol–water partition coefficient (Wildman–Crippen LogP) is 3.52. The van der Waals surface area contributed by atoms with Gasteiger partial charge in [0, 0.05) is 31.7 Å². The molecule has 0 aromatic heterocycles. The van der Waals surface area contributed by atoms with Gasteiger partial charge in [-0.3, -0.25) is 4.90 Å². The fourth-order valence-electron chi connectivity index (χ4n) is 3.44. The Kier molecular flexibility index (Phi) is 4.94. The maximum absolute atomic E-state index is 3.81. The average Bonchev–Trinajstić information content (AvgIpc) is 2.22. The third-order valence-electron chi connectivity index (χ3n) is 5.04. The first-order chi connectivity index (χ1) is 8.86. The van der Waals surface area contributed by atoms with Crippen LogP contribution in [0.3, 0.4) is 0 Å². The molecule has 0 spiro atoms. The highest BCUT2D eigenvalue weighted by Crippen LogP contribution is 2.31. The van der Waals surface area contributed by atoms with Gasteiger partial charge in [-0.2, -0.15) is 0 Å². The summed E-state index contributed by atoms with van der Waals surface area (Å²) < 4.78 is 0. The van der Waals surface area contributed by atoms with Gasteiger partial charge in [0.1, 0.15) is 0 Å². The number of hydrogen-bond donors (Lipinski definition) is 1. The highest BCUT2D eigenvalue weighted by atomic mass is 15.2. The lowest BCUT2D eigenvalue weighted by atomic mass is 9.81. The highest BCUT2D eigenvalue weighted by Gasteiger charge is 2.35. The molecule has 2 nitrogen and oxygen atoms in total. The van der Waals surface area contributed by atoms with Crippen molar-refractivity contribution in [3.8, 4) is 0 Å². The summed E-state index contributed by atoms with van der Waals surface area (Å²) in [6.07, 6.45) is 5.75. The Morgan fingerprint density at radius 1 is 1.21 bits per heavy atom. The Bertz CT molecular complexity index is 275. The zero-order valence-electron chi connectivity index (χ0n) is 13.7. The Morgan fingerprint density at radius 3 is 2.37 bits per heavy atom. The van der Waals surface area contributed by atoms with Gasteiger partial charge in [0.25, 0.3) is 0 Å². The first-order valence-electron chi connectivity index (χ1n) is 8.33. The SMILES string of the molecule is CC(C)CC1CNC(C(C)(C)C)CN1CC1CCC1. The monoisotopic (exact) mass is 266 g/mol. The van der Waals surface area contributed by atoms with E-state index in [0.29, 0.717) is 11.5 Å². The second-order valence-electron chi connectivity index (χ2n) is 8.36. The second-order valence-corrected chi connectivity index (χ2v) is 8.36. The number of rotatable bonds is 4. The van der Waals surface area contributed by atoms with Crippen LogP contribution in [-0.4, -0.2) is 36.6 Å². The Balaban J connectivity index is 1.96. The van der Waals surface area contributed by atoms with E-state index in [4.69, 9.17) is 0 Å². The molecule has 0 aromatic carbocycles. The summed E-state index contributed by atoms with van der Waals surface area (Å²) in [5, 5.41) is 3.81. The third kappa shape index (κ3) is 4.19. The summed E-state index contributed by atoms with van der Waals surface area (Å²) >= 11 is 0. The molecule has 2 fully saturated rings. The summed E-state index contributed by atoms with van der Waals surface area (Å²) in [7, 11) is 0. The minimum Gasteiger partial charge on any atom is -0.311 e. The molecule has 0 radical (unpaired) electrons. The standard InChI is InChI=1S/C17H34N2/c1-13(2)9-15-10-18-16(17(3,4)5)12-19(15)11-14-7-6-8-14/h13-16,18H,6-12H2,1-5H3. The van der Waals surface area contributed by atoms with Crippen LogP contribution in [0, 0.1) is 17.3 Å². The van der Waals surface area contributed by atoms with Crippen LogP contribution < -0.4 is 5.32 Å². The van der Waals surface area contributed by atoms with E-state index in [1.807, 2.05) is 0 Å². The molecule has 112 valence electrons. The molecule has 1 saturated carbocycles. The normalized spacial score (nSPS) is 30.6. The molecule has 0 aromatic rings. The smallest absolute Gasteiger partial charge is 0.0244 e. The summed E-state index contributed by atoms with van der Waals surface area (Å²) in [6.45, 7) is 15.6. The molecule has 1 heterocycles. The molecular formula is C17H34N2. The lowest BCUT2D eigenvalue weighted by Crippen LogP contribution is -2.61. The van der Waals surface area contributed by atoms with Crippen molar-refractivity contribution >= 4 is 0 Å². The number of nitrogens with one attached hydrogen (secondary N) is 1. The van der Waals surface area contributed by atoms with Crippen molar-refractivity contribution in [2.75, 3.05) is 19.6 Å². The molecule has 2 atom stereocenters. The van der Waals surface area contributed by atoms with Crippen LogP contribution in [0.25, 0.3) is 0 Å². The zero-order chi connectivity index (χ0) is 14.0. The van der Waals surface area contributed by atoms with Crippen molar-refractivity contribution in [3.05, 3.63) is 0 Å². The molecule has 1 aliphatic heterocycles. The van der Waals surface area contributed by atoms with Gasteiger partial charge >= 0.3 is 0 Å². The van der Waals surface area contributed by atoms with Gasteiger partial charge in [-0.05, 0) is 36.5 Å². The van der Waals surface area contributed by atoms with E-state index in [1.165, 1.54) is 45.3 Å². The molecule has 2 unspecified atom stereocenters. The largest absolute Gasteiger partial charge is 0.311 e. The van der Waals surface area contributed by atoms with Gasteiger partial charge in [0.15, 0.2) is 0 Å². The lowest BCUT2D eigenvalue weighted by Gasteiger charge is -2.47. The molecule has 2 rings (SSSR count). The Labute approximate surface area is 120 Å². The van der Waals surface area contributed by atoms with Gasteiger partial charge < -0.3 is 5.32 Å². The van der Waals surface area contributed by atoms with Crippen molar-refractivity contribution in [1.29, 1.82) is 0 Å². The number of hydrogen-bond acceptors (Lipinski definition) is 2. The van der Waals surface area contributed by atoms with E-state index in [2.05, 4.69) is 44.8 Å². The van der Waals surface area contributed by atoms with Crippen LogP contribution in [0.2, 0.25) is 0 Å². The van der Waals surface area contributed by atoms with E-state index in [-0.39, 0.29) is 0 Å². The van der Waals surface area contributed by atoms with Crippen LogP contribution >= 0.6 is 0 Å². The van der Waals surface area contributed by atoms with Gasteiger partial charge in [-0.1, -0.05) is 41.0 Å². The Morgan fingerprint density at radius 2 is 1.89 bits per heavy atom. The van der Waals surface area contributed by atoms with Gasteiger partial charge in [-0.25, -0.2) is 0 Å². The van der Waals surface area contributed by atoms with Gasteiger partial charge in [-0.15, -0.1) is 0 Å². The summed E-state index contributed by atoms with van der Waals surface area (Å²) in [4.78, 5) is 2.82. The second kappa shape index (κ2) is 6.13. The lowest BCUT2D eigenvalue weighted by molar-refractivity contribution is 0.0497. The van der Waals surface area contributed by atoms with E-state index in [1.54, 1.807) is 0 Å². The first kappa shape index (κ1) is 15.3. The Hall–Kier alpha value is -0.0800. The van der Waals surface area contributed by atoms with Crippen molar-refractivity contribution in [1.82, 2.24) is 10.2 Å². The summed E-state index contributed by atoms with van der Waals surface area (Å²) in [6, 6.07) is 1.41. The maximum Gasteiger partial charge on any atom is 0.0244 e. The highest BCUT2D eigenvalue weighted by molar-refractivity contribution is 4.93. The van der Waals surface area contributed by atoms with Gasteiger partial charge in [0.2, 0.25) is 0 Å². The summed E-state index contributed by atoms with van der Waals surface area (Å²) in [5.74, 6) is 1.80. The molecule has 0 bridgehead atoms.